The topological polar surface area (TPSA) is 51.0 Å². The van der Waals surface area contributed by atoms with Crippen LogP contribution in [0, 0.1) is 20.8 Å². The molecule has 2 heterocycles. The van der Waals surface area contributed by atoms with E-state index in [0.29, 0.717) is 6.54 Å². The van der Waals surface area contributed by atoms with E-state index in [1.165, 1.54) is 0 Å². The van der Waals surface area contributed by atoms with E-state index < -0.39 is 0 Å². The first kappa shape index (κ1) is 14.8. The van der Waals surface area contributed by atoms with Gasteiger partial charge in [0.2, 0.25) is 0 Å². The Hall–Kier alpha value is -2.17. The maximum Gasteiger partial charge on any atom is 0.253 e. The van der Waals surface area contributed by atoms with Crippen LogP contribution in [0.2, 0.25) is 0 Å². The highest BCUT2D eigenvalue weighted by Gasteiger charge is 2.27. The molecule has 3 rings (SSSR count). The van der Waals surface area contributed by atoms with Gasteiger partial charge in [0.1, 0.15) is 11.6 Å². The van der Waals surface area contributed by atoms with Crippen LogP contribution in [0.5, 0.6) is 0 Å². The van der Waals surface area contributed by atoms with Gasteiger partial charge >= 0.3 is 0 Å². The molecule has 1 unspecified atom stereocenters. The van der Waals surface area contributed by atoms with E-state index in [1.807, 2.05) is 54.6 Å². The van der Waals surface area contributed by atoms with Crippen LogP contribution in [0.15, 0.2) is 24.3 Å². The van der Waals surface area contributed by atoms with Crippen molar-refractivity contribution in [2.24, 2.45) is 0 Å². The molecule has 0 N–H and O–H groups in total. The van der Waals surface area contributed by atoms with Crippen molar-refractivity contribution < 1.29 is 4.79 Å². The molecule has 2 aromatic rings. The van der Waals surface area contributed by atoms with Gasteiger partial charge in [-0.2, -0.15) is 5.10 Å². The molecular formula is C17H22N4O. The molecule has 1 aliphatic heterocycles. The number of aryl methyl sites for hydroxylation is 3. The van der Waals surface area contributed by atoms with Crippen molar-refractivity contribution in [2.45, 2.75) is 39.7 Å². The fourth-order valence-electron chi connectivity index (χ4n) is 3.18. The van der Waals surface area contributed by atoms with Gasteiger partial charge in [-0.25, -0.2) is 9.67 Å². The van der Waals surface area contributed by atoms with Crippen LogP contribution in [0.1, 0.15) is 46.5 Å². The number of piperidine rings is 1. The molecule has 1 aromatic heterocycles. The van der Waals surface area contributed by atoms with Crippen molar-refractivity contribution in [3.05, 3.63) is 47.0 Å². The van der Waals surface area contributed by atoms with Crippen LogP contribution in [-0.2, 0) is 0 Å². The van der Waals surface area contributed by atoms with Gasteiger partial charge in [0.15, 0.2) is 0 Å². The Labute approximate surface area is 131 Å². The molecule has 0 saturated carbocycles. The van der Waals surface area contributed by atoms with E-state index in [4.69, 9.17) is 0 Å². The molecule has 0 bridgehead atoms. The van der Waals surface area contributed by atoms with Gasteiger partial charge in [-0.1, -0.05) is 17.7 Å². The third-order valence-electron chi connectivity index (χ3n) is 4.20. The number of carbonyl (C=O) groups excluding carboxylic acids is 1. The molecule has 1 amide bonds. The van der Waals surface area contributed by atoms with E-state index in [2.05, 4.69) is 10.1 Å². The Kier molecular flexibility index (Phi) is 3.96. The molecule has 1 atom stereocenters. The minimum atomic E-state index is 0.114. The SMILES string of the molecule is Cc1cccc(C(=O)N2CCCC(n3nc(C)nc3C)C2)c1. The quantitative estimate of drug-likeness (QED) is 0.856. The molecule has 1 saturated heterocycles. The normalized spacial score (nSPS) is 18.5. The molecular weight excluding hydrogens is 276 g/mol. The zero-order chi connectivity index (χ0) is 15.7. The number of hydrogen-bond donors (Lipinski definition) is 0. The minimum absolute atomic E-state index is 0.114. The summed E-state index contributed by atoms with van der Waals surface area (Å²) >= 11 is 0. The van der Waals surface area contributed by atoms with Gasteiger partial charge in [0, 0.05) is 18.7 Å². The number of rotatable bonds is 2. The lowest BCUT2D eigenvalue weighted by atomic mass is 10.0. The lowest BCUT2D eigenvalue weighted by Crippen LogP contribution is -2.41. The number of hydrogen-bond acceptors (Lipinski definition) is 3. The maximum absolute atomic E-state index is 12.7. The summed E-state index contributed by atoms with van der Waals surface area (Å²) in [6.45, 7) is 7.41. The lowest BCUT2D eigenvalue weighted by molar-refractivity contribution is 0.0671. The summed E-state index contributed by atoms with van der Waals surface area (Å²) in [6.07, 6.45) is 2.04. The van der Waals surface area contributed by atoms with Crippen molar-refractivity contribution >= 4 is 5.91 Å². The molecule has 1 aromatic carbocycles. The van der Waals surface area contributed by atoms with Crippen LogP contribution in [0.25, 0.3) is 0 Å². The van der Waals surface area contributed by atoms with Gasteiger partial charge in [0.05, 0.1) is 6.04 Å². The molecule has 0 spiro atoms. The number of amides is 1. The van der Waals surface area contributed by atoms with E-state index >= 15 is 0 Å². The summed E-state index contributed by atoms with van der Waals surface area (Å²) < 4.78 is 1.98. The largest absolute Gasteiger partial charge is 0.337 e. The summed E-state index contributed by atoms with van der Waals surface area (Å²) in [7, 11) is 0. The first-order valence-corrected chi connectivity index (χ1v) is 7.80. The van der Waals surface area contributed by atoms with Crippen molar-refractivity contribution in [2.75, 3.05) is 13.1 Å². The second-order valence-electron chi connectivity index (χ2n) is 6.07. The number of carbonyl (C=O) groups is 1. The number of nitrogens with zero attached hydrogens (tertiary/aromatic N) is 4. The molecule has 1 fully saturated rings. The summed E-state index contributed by atoms with van der Waals surface area (Å²) in [4.78, 5) is 19.0. The molecule has 116 valence electrons. The van der Waals surface area contributed by atoms with Crippen LogP contribution >= 0.6 is 0 Å². The molecule has 5 nitrogen and oxygen atoms in total. The van der Waals surface area contributed by atoms with E-state index in [0.717, 1.165) is 42.2 Å². The Morgan fingerprint density at radius 2 is 2.09 bits per heavy atom. The third-order valence-corrected chi connectivity index (χ3v) is 4.20. The Bertz CT molecular complexity index is 692. The standard InChI is InChI=1S/C17H22N4O/c1-12-6-4-7-15(10-12)17(22)20-9-5-8-16(11-20)21-14(3)18-13(2)19-21/h4,6-7,10,16H,5,8-9,11H2,1-3H3. The smallest absolute Gasteiger partial charge is 0.253 e. The zero-order valence-corrected chi connectivity index (χ0v) is 13.4. The zero-order valence-electron chi connectivity index (χ0n) is 13.4. The van der Waals surface area contributed by atoms with Crippen LogP contribution in [0.3, 0.4) is 0 Å². The average molecular weight is 298 g/mol. The highest BCUT2D eigenvalue weighted by molar-refractivity contribution is 5.94. The van der Waals surface area contributed by atoms with Crippen LogP contribution < -0.4 is 0 Å². The lowest BCUT2D eigenvalue weighted by Gasteiger charge is -2.33. The minimum Gasteiger partial charge on any atom is -0.337 e. The van der Waals surface area contributed by atoms with Crippen molar-refractivity contribution in [3.8, 4) is 0 Å². The predicted octanol–water partition coefficient (Wildman–Crippen LogP) is 2.68. The fraction of sp³-hybridized carbons (Fsp3) is 0.471. The predicted molar refractivity (Wildman–Crippen MR) is 84.8 cm³/mol. The maximum atomic E-state index is 12.7. The van der Waals surface area contributed by atoms with Crippen molar-refractivity contribution in [3.63, 3.8) is 0 Å². The van der Waals surface area contributed by atoms with Gasteiger partial charge in [-0.05, 0) is 45.7 Å². The highest BCUT2D eigenvalue weighted by atomic mass is 16.2. The second-order valence-corrected chi connectivity index (χ2v) is 6.07. The molecule has 5 heteroatoms. The van der Waals surface area contributed by atoms with Gasteiger partial charge < -0.3 is 4.90 Å². The molecule has 0 radical (unpaired) electrons. The highest BCUT2D eigenvalue weighted by Crippen LogP contribution is 2.23. The van der Waals surface area contributed by atoms with E-state index in [1.54, 1.807) is 0 Å². The summed E-state index contributed by atoms with van der Waals surface area (Å²) in [5, 5.41) is 4.48. The summed E-state index contributed by atoms with van der Waals surface area (Å²) in [6, 6.07) is 8.02. The number of aromatic nitrogens is 3. The van der Waals surface area contributed by atoms with Gasteiger partial charge in [-0.15, -0.1) is 0 Å². The van der Waals surface area contributed by atoms with Crippen molar-refractivity contribution in [1.82, 2.24) is 19.7 Å². The molecule has 0 aliphatic carbocycles. The number of likely N-dealkylation sites (tertiary alicyclic amines) is 1. The Balaban J connectivity index is 1.78. The second kappa shape index (κ2) is 5.91. The fourth-order valence-corrected chi connectivity index (χ4v) is 3.18. The third kappa shape index (κ3) is 2.89. The first-order chi connectivity index (χ1) is 10.5. The Morgan fingerprint density at radius 3 is 2.77 bits per heavy atom. The van der Waals surface area contributed by atoms with E-state index in [9.17, 15) is 4.79 Å². The van der Waals surface area contributed by atoms with Gasteiger partial charge in [0.25, 0.3) is 5.91 Å². The van der Waals surface area contributed by atoms with Crippen molar-refractivity contribution in [1.29, 1.82) is 0 Å². The summed E-state index contributed by atoms with van der Waals surface area (Å²) in [5.41, 5.74) is 1.88. The van der Waals surface area contributed by atoms with Crippen LogP contribution in [0.4, 0.5) is 0 Å². The number of benzene rings is 1. The summed E-state index contributed by atoms with van der Waals surface area (Å²) in [5.74, 6) is 1.83. The van der Waals surface area contributed by atoms with Crippen LogP contribution in [-0.4, -0.2) is 38.7 Å². The average Bonchev–Trinajstić information content (AvgIpc) is 2.85. The van der Waals surface area contributed by atoms with E-state index in [-0.39, 0.29) is 11.9 Å². The molecule has 22 heavy (non-hydrogen) atoms. The first-order valence-electron chi connectivity index (χ1n) is 7.80. The molecule has 1 aliphatic rings. The van der Waals surface area contributed by atoms with Gasteiger partial charge in [-0.3, -0.25) is 4.79 Å². The Morgan fingerprint density at radius 1 is 1.27 bits per heavy atom. The monoisotopic (exact) mass is 298 g/mol.